The van der Waals surface area contributed by atoms with Crippen molar-refractivity contribution in [3.05, 3.63) is 53.8 Å². The first-order chi connectivity index (χ1) is 15.4. The Morgan fingerprint density at radius 3 is 2.72 bits per heavy atom. The molecule has 2 aliphatic rings. The van der Waals surface area contributed by atoms with E-state index in [1.165, 1.54) is 11.3 Å². The Labute approximate surface area is 188 Å². The molecule has 2 aromatic heterocycles. The Bertz CT molecular complexity index is 1180. The van der Waals surface area contributed by atoms with E-state index in [0.717, 1.165) is 29.1 Å². The molecule has 1 aliphatic carbocycles. The third-order valence-corrected chi connectivity index (χ3v) is 6.98. The van der Waals surface area contributed by atoms with Gasteiger partial charge in [0, 0.05) is 17.1 Å². The van der Waals surface area contributed by atoms with Crippen LogP contribution in [0.1, 0.15) is 43.1 Å². The summed E-state index contributed by atoms with van der Waals surface area (Å²) in [7, 11) is 0. The Balaban J connectivity index is 1.29. The molecule has 1 aliphatic heterocycles. The van der Waals surface area contributed by atoms with Gasteiger partial charge in [0.2, 0.25) is 0 Å². The predicted molar refractivity (Wildman–Crippen MR) is 118 cm³/mol. The summed E-state index contributed by atoms with van der Waals surface area (Å²) in [4.78, 5) is 42.5. The molecular formula is C22H22N6O3S. The number of nitrogens with one attached hydrogen (secondary N) is 2. The molecule has 1 saturated carbocycles. The number of imide groups is 1. The Morgan fingerprint density at radius 2 is 1.97 bits per heavy atom. The molecule has 0 bridgehead atoms. The maximum absolute atomic E-state index is 12.9. The van der Waals surface area contributed by atoms with Crippen LogP contribution in [0.2, 0.25) is 0 Å². The van der Waals surface area contributed by atoms with Gasteiger partial charge in [-0.3, -0.25) is 15.0 Å². The zero-order valence-corrected chi connectivity index (χ0v) is 18.3. The molecule has 2 N–H and O–H groups in total. The number of hydrogen-bond acceptors (Lipinski definition) is 6. The Morgan fingerprint density at radius 1 is 1.22 bits per heavy atom. The molecule has 1 spiro atoms. The third kappa shape index (κ3) is 3.56. The van der Waals surface area contributed by atoms with Crippen LogP contribution in [0.4, 0.5) is 4.79 Å². The Hall–Kier alpha value is -3.53. The summed E-state index contributed by atoms with van der Waals surface area (Å²) in [6.45, 7) is 2.14. The SMILES string of the molecule is CC1CCC2(CC1)NC(=O)N(NC(=O)c1csc(-c3cnn(-c4ccccc4)c3)n1)C2=O. The van der Waals surface area contributed by atoms with Crippen LogP contribution < -0.4 is 10.7 Å². The lowest BCUT2D eigenvalue weighted by Crippen LogP contribution is -2.51. The van der Waals surface area contributed by atoms with E-state index in [4.69, 9.17) is 0 Å². The highest BCUT2D eigenvalue weighted by Gasteiger charge is 2.53. The highest BCUT2D eigenvalue weighted by atomic mass is 32.1. The second-order valence-corrected chi connectivity index (χ2v) is 9.18. The van der Waals surface area contributed by atoms with E-state index >= 15 is 0 Å². The summed E-state index contributed by atoms with van der Waals surface area (Å²) < 4.78 is 1.73. The molecule has 3 aromatic rings. The molecule has 4 amide bonds. The number of benzene rings is 1. The van der Waals surface area contributed by atoms with Crippen molar-refractivity contribution in [1.29, 1.82) is 0 Å². The summed E-state index contributed by atoms with van der Waals surface area (Å²) in [5, 5.41) is 10.2. The summed E-state index contributed by atoms with van der Waals surface area (Å²) in [6.07, 6.45) is 6.40. The largest absolute Gasteiger partial charge is 0.344 e. The molecule has 9 nitrogen and oxygen atoms in total. The van der Waals surface area contributed by atoms with Crippen molar-refractivity contribution in [1.82, 2.24) is 30.5 Å². The van der Waals surface area contributed by atoms with Crippen LogP contribution in [0.15, 0.2) is 48.1 Å². The van der Waals surface area contributed by atoms with Crippen LogP contribution in [0, 0.1) is 5.92 Å². The van der Waals surface area contributed by atoms with Gasteiger partial charge in [-0.15, -0.1) is 11.3 Å². The minimum Gasteiger partial charge on any atom is -0.322 e. The quantitative estimate of drug-likeness (QED) is 0.594. The second-order valence-electron chi connectivity index (χ2n) is 8.32. The van der Waals surface area contributed by atoms with Gasteiger partial charge < -0.3 is 5.32 Å². The van der Waals surface area contributed by atoms with Crippen LogP contribution in [0.5, 0.6) is 0 Å². The maximum atomic E-state index is 12.9. The molecule has 1 aromatic carbocycles. The molecule has 1 saturated heterocycles. The van der Waals surface area contributed by atoms with Crippen LogP contribution >= 0.6 is 11.3 Å². The van der Waals surface area contributed by atoms with Gasteiger partial charge in [-0.2, -0.15) is 10.1 Å². The predicted octanol–water partition coefficient (Wildman–Crippen LogP) is 3.14. The van der Waals surface area contributed by atoms with Gasteiger partial charge in [0.05, 0.1) is 11.9 Å². The van der Waals surface area contributed by atoms with Crippen LogP contribution in [0.3, 0.4) is 0 Å². The van der Waals surface area contributed by atoms with Crippen molar-refractivity contribution >= 4 is 29.2 Å². The van der Waals surface area contributed by atoms with Crippen molar-refractivity contribution in [2.24, 2.45) is 5.92 Å². The average molecular weight is 451 g/mol. The normalized spacial score (nSPS) is 22.9. The number of carbonyl (C=O) groups is 3. The lowest BCUT2D eigenvalue weighted by Gasteiger charge is -2.33. The van der Waals surface area contributed by atoms with Gasteiger partial charge in [-0.1, -0.05) is 25.1 Å². The number of hydrazine groups is 1. The number of carbonyl (C=O) groups excluding carboxylic acids is 3. The zero-order chi connectivity index (χ0) is 22.3. The number of amides is 4. The van der Waals surface area contributed by atoms with Crippen molar-refractivity contribution in [2.75, 3.05) is 0 Å². The first-order valence-electron chi connectivity index (χ1n) is 10.5. The molecule has 5 rings (SSSR count). The summed E-state index contributed by atoms with van der Waals surface area (Å²) >= 11 is 1.29. The van der Waals surface area contributed by atoms with Gasteiger partial charge in [0.15, 0.2) is 0 Å². The monoisotopic (exact) mass is 450 g/mol. The molecule has 0 radical (unpaired) electrons. The first-order valence-corrected chi connectivity index (χ1v) is 11.4. The lowest BCUT2D eigenvalue weighted by atomic mass is 9.77. The maximum Gasteiger partial charge on any atom is 0.344 e. The number of rotatable bonds is 4. The number of aromatic nitrogens is 3. The fourth-order valence-corrected chi connectivity index (χ4v) is 4.92. The molecule has 0 unspecified atom stereocenters. The van der Waals surface area contributed by atoms with E-state index in [9.17, 15) is 14.4 Å². The van der Waals surface area contributed by atoms with Gasteiger partial charge >= 0.3 is 6.03 Å². The second kappa shape index (κ2) is 7.86. The summed E-state index contributed by atoms with van der Waals surface area (Å²) in [6, 6.07) is 9.07. The summed E-state index contributed by atoms with van der Waals surface area (Å²) in [5.41, 5.74) is 3.34. The minimum absolute atomic E-state index is 0.135. The molecular weight excluding hydrogens is 428 g/mol. The van der Waals surface area contributed by atoms with E-state index in [2.05, 4.69) is 27.7 Å². The van der Waals surface area contributed by atoms with Crippen LogP contribution in [-0.2, 0) is 4.79 Å². The van der Waals surface area contributed by atoms with Gasteiger partial charge in [0.25, 0.3) is 11.8 Å². The molecule has 2 fully saturated rings. The molecule has 32 heavy (non-hydrogen) atoms. The summed E-state index contributed by atoms with van der Waals surface area (Å²) in [5.74, 6) is -0.483. The van der Waals surface area contributed by atoms with E-state index in [0.29, 0.717) is 23.8 Å². The van der Waals surface area contributed by atoms with E-state index in [1.54, 1.807) is 16.3 Å². The van der Waals surface area contributed by atoms with Gasteiger partial charge in [0.1, 0.15) is 16.2 Å². The standard InChI is InChI=1S/C22H22N6O3S/c1-14-7-9-22(10-8-14)20(30)28(21(31)25-22)26-18(29)17-13-32-19(24-17)15-11-23-27(12-15)16-5-3-2-4-6-16/h2-6,11-14H,7-10H2,1H3,(H,25,31)(H,26,29). The molecule has 3 heterocycles. The molecule has 0 atom stereocenters. The van der Waals surface area contributed by atoms with E-state index in [-0.39, 0.29) is 5.69 Å². The minimum atomic E-state index is -0.907. The van der Waals surface area contributed by atoms with Gasteiger partial charge in [-0.05, 0) is 43.7 Å². The number of nitrogens with zero attached hydrogens (tertiary/aromatic N) is 4. The number of thiazole rings is 1. The highest BCUT2D eigenvalue weighted by molar-refractivity contribution is 7.13. The smallest absolute Gasteiger partial charge is 0.322 e. The number of urea groups is 1. The molecule has 10 heteroatoms. The number of hydrogen-bond donors (Lipinski definition) is 2. The van der Waals surface area contributed by atoms with Crippen molar-refractivity contribution in [2.45, 2.75) is 38.1 Å². The third-order valence-electron chi connectivity index (χ3n) is 6.09. The van der Waals surface area contributed by atoms with Crippen LogP contribution in [-0.4, -0.2) is 43.2 Å². The zero-order valence-electron chi connectivity index (χ0n) is 17.4. The van der Waals surface area contributed by atoms with Crippen molar-refractivity contribution in [3.8, 4) is 16.3 Å². The van der Waals surface area contributed by atoms with E-state index < -0.39 is 23.4 Å². The molecule has 164 valence electrons. The fourth-order valence-electron chi connectivity index (χ4n) is 4.14. The lowest BCUT2D eigenvalue weighted by molar-refractivity contribution is -0.134. The first kappa shape index (κ1) is 20.4. The van der Waals surface area contributed by atoms with E-state index in [1.807, 2.05) is 36.5 Å². The Kier molecular flexibility index (Phi) is 5.01. The number of para-hydroxylation sites is 1. The topological polar surface area (TPSA) is 109 Å². The highest BCUT2D eigenvalue weighted by Crippen LogP contribution is 2.36. The average Bonchev–Trinajstić information content (AvgIpc) is 3.53. The van der Waals surface area contributed by atoms with Crippen molar-refractivity contribution < 1.29 is 14.4 Å². The van der Waals surface area contributed by atoms with Crippen LogP contribution in [0.25, 0.3) is 16.3 Å². The fraction of sp³-hybridized carbons (Fsp3) is 0.318. The van der Waals surface area contributed by atoms with Gasteiger partial charge in [-0.25, -0.2) is 14.5 Å². The van der Waals surface area contributed by atoms with Crippen molar-refractivity contribution in [3.63, 3.8) is 0 Å².